The van der Waals surface area contributed by atoms with Crippen LogP contribution < -0.4 is 5.32 Å². The maximum absolute atomic E-state index is 12.0. The Bertz CT molecular complexity index is 406. The second-order valence-corrected chi connectivity index (χ2v) is 6.27. The number of alkyl halides is 1. The number of carbonyl (C=O) groups is 1. The molecule has 2 unspecified atom stereocenters. The summed E-state index contributed by atoms with van der Waals surface area (Å²) >= 11 is 9.58. The summed E-state index contributed by atoms with van der Waals surface area (Å²) < 4.78 is 0. The molecule has 0 bridgehead atoms. The van der Waals surface area contributed by atoms with E-state index in [4.69, 9.17) is 11.6 Å². The number of hydrogen-bond donors (Lipinski definition) is 1. The van der Waals surface area contributed by atoms with Crippen LogP contribution in [0.25, 0.3) is 0 Å². The van der Waals surface area contributed by atoms with Crippen molar-refractivity contribution in [3.8, 4) is 0 Å². The SMILES string of the molecule is Cc1cccc(C(=O)NC(C)CC(C)Br)c1Cl. The molecule has 0 saturated carbocycles. The normalized spacial score (nSPS) is 14.2. The van der Waals surface area contributed by atoms with Crippen molar-refractivity contribution >= 4 is 33.4 Å². The van der Waals surface area contributed by atoms with Gasteiger partial charge in [0.25, 0.3) is 5.91 Å². The number of halogens is 2. The van der Waals surface area contributed by atoms with Crippen LogP contribution >= 0.6 is 27.5 Å². The monoisotopic (exact) mass is 317 g/mol. The van der Waals surface area contributed by atoms with E-state index in [0.717, 1.165) is 12.0 Å². The molecule has 1 rings (SSSR count). The van der Waals surface area contributed by atoms with Crippen molar-refractivity contribution in [2.24, 2.45) is 0 Å². The Morgan fingerprint density at radius 2 is 2.12 bits per heavy atom. The Morgan fingerprint density at radius 3 is 2.71 bits per heavy atom. The minimum absolute atomic E-state index is 0.112. The van der Waals surface area contributed by atoms with Gasteiger partial charge in [0.2, 0.25) is 0 Å². The van der Waals surface area contributed by atoms with Gasteiger partial charge in [0, 0.05) is 10.9 Å². The zero-order chi connectivity index (χ0) is 13.0. The van der Waals surface area contributed by atoms with Crippen LogP contribution in [0.4, 0.5) is 0 Å². The number of carbonyl (C=O) groups excluding carboxylic acids is 1. The first-order valence-electron chi connectivity index (χ1n) is 5.62. The molecule has 17 heavy (non-hydrogen) atoms. The third kappa shape index (κ3) is 4.32. The van der Waals surface area contributed by atoms with Crippen LogP contribution in [0.15, 0.2) is 18.2 Å². The molecule has 0 aliphatic rings. The lowest BCUT2D eigenvalue weighted by Gasteiger charge is -2.16. The Hall–Kier alpha value is -0.540. The number of nitrogens with one attached hydrogen (secondary N) is 1. The lowest BCUT2D eigenvalue weighted by molar-refractivity contribution is 0.0939. The predicted octanol–water partition coefficient (Wildman–Crippen LogP) is 3.94. The standard InChI is InChI=1S/C13H17BrClNO/c1-8-5-4-6-11(12(8)15)13(17)16-10(3)7-9(2)14/h4-6,9-10H,7H2,1-3H3,(H,16,17). The first kappa shape index (κ1) is 14.5. The molecule has 0 aliphatic carbocycles. The Balaban J connectivity index is 2.73. The lowest BCUT2D eigenvalue weighted by Crippen LogP contribution is -2.34. The van der Waals surface area contributed by atoms with Gasteiger partial charge in [-0.1, -0.05) is 46.6 Å². The summed E-state index contributed by atoms with van der Waals surface area (Å²) in [5, 5.41) is 3.47. The predicted molar refractivity (Wildman–Crippen MR) is 76.1 cm³/mol. The summed E-state index contributed by atoms with van der Waals surface area (Å²) in [7, 11) is 0. The highest BCUT2D eigenvalue weighted by Gasteiger charge is 2.14. The van der Waals surface area contributed by atoms with Gasteiger partial charge in [-0.15, -0.1) is 0 Å². The summed E-state index contributed by atoms with van der Waals surface area (Å²) in [5.74, 6) is -0.112. The molecule has 0 spiro atoms. The molecule has 4 heteroatoms. The number of benzene rings is 1. The van der Waals surface area contributed by atoms with Gasteiger partial charge < -0.3 is 5.32 Å². The molecule has 1 aromatic carbocycles. The number of hydrogen-bond acceptors (Lipinski definition) is 1. The molecule has 1 amide bonds. The van der Waals surface area contributed by atoms with Crippen LogP contribution in [-0.2, 0) is 0 Å². The molecule has 2 atom stereocenters. The topological polar surface area (TPSA) is 29.1 Å². The van der Waals surface area contributed by atoms with Gasteiger partial charge in [0.15, 0.2) is 0 Å². The van der Waals surface area contributed by atoms with Crippen molar-refractivity contribution in [3.63, 3.8) is 0 Å². The molecule has 2 nitrogen and oxygen atoms in total. The van der Waals surface area contributed by atoms with Crippen molar-refractivity contribution in [1.82, 2.24) is 5.32 Å². The van der Waals surface area contributed by atoms with Crippen LogP contribution in [0, 0.1) is 6.92 Å². The van der Waals surface area contributed by atoms with E-state index in [1.54, 1.807) is 6.07 Å². The van der Waals surface area contributed by atoms with Crippen LogP contribution in [0.5, 0.6) is 0 Å². The molecule has 1 N–H and O–H groups in total. The first-order chi connectivity index (χ1) is 7.91. The van der Waals surface area contributed by atoms with Gasteiger partial charge >= 0.3 is 0 Å². The van der Waals surface area contributed by atoms with Crippen molar-refractivity contribution in [2.75, 3.05) is 0 Å². The molecule has 94 valence electrons. The van der Waals surface area contributed by atoms with Gasteiger partial charge in [-0.25, -0.2) is 0 Å². The number of amides is 1. The Labute approximate surface area is 116 Å². The highest BCUT2D eigenvalue weighted by molar-refractivity contribution is 9.09. The van der Waals surface area contributed by atoms with E-state index in [0.29, 0.717) is 15.4 Å². The summed E-state index contributed by atoms with van der Waals surface area (Å²) in [6.45, 7) is 5.94. The quantitative estimate of drug-likeness (QED) is 0.837. The smallest absolute Gasteiger partial charge is 0.253 e. The highest BCUT2D eigenvalue weighted by atomic mass is 79.9. The summed E-state index contributed by atoms with van der Waals surface area (Å²) in [6.07, 6.45) is 0.884. The van der Waals surface area contributed by atoms with Crippen LogP contribution in [0.2, 0.25) is 5.02 Å². The molecular formula is C13H17BrClNO. The fourth-order valence-corrected chi connectivity index (χ4v) is 2.44. The summed E-state index contributed by atoms with van der Waals surface area (Å²) in [6, 6.07) is 5.60. The van der Waals surface area contributed by atoms with E-state index < -0.39 is 0 Å². The van der Waals surface area contributed by atoms with E-state index in [1.807, 2.05) is 26.0 Å². The largest absolute Gasteiger partial charge is 0.350 e. The van der Waals surface area contributed by atoms with Crippen molar-refractivity contribution in [3.05, 3.63) is 34.3 Å². The van der Waals surface area contributed by atoms with Gasteiger partial charge in [0.1, 0.15) is 0 Å². The molecule has 0 aromatic heterocycles. The number of rotatable bonds is 4. The fourth-order valence-electron chi connectivity index (χ4n) is 1.67. The zero-order valence-corrected chi connectivity index (χ0v) is 12.6. The van der Waals surface area contributed by atoms with Gasteiger partial charge in [-0.3, -0.25) is 4.79 Å². The van der Waals surface area contributed by atoms with E-state index in [-0.39, 0.29) is 11.9 Å². The number of aryl methyl sites for hydroxylation is 1. The molecule has 0 radical (unpaired) electrons. The lowest BCUT2D eigenvalue weighted by atomic mass is 10.1. The van der Waals surface area contributed by atoms with Crippen molar-refractivity contribution in [2.45, 2.75) is 38.1 Å². The van der Waals surface area contributed by atoms with E-state index in [2.05, 4.69) is 28.2 Å². The van der Waals surface area contributed by atoms with Gasteiger partial charge in [0.05, 0.1) is 10.6 Å². The molecule has 0 aliphatic heterocycles. The molecule has 0 heterocycles. The fraction of sp³-hybridized carbons (Fsp3) is 0.462. The summed E-state index contributed by atoms with van der Waals surface area (Å²) in [4.78, 5) is 12.4. The van der Waals surface area contributed by atoms with E-state index in [9.17, 15) is 4.79 Å². The molecule has 0 saturated heterocycles. The molecular weight excluding hydrogens is 302 g/mol. The summed E-state index contributed by atoms with van der Waals surface area (Å²) in [5.41, 5.74) is 1.46. The van der Waals surface area contributed by atoms with Crippen molar-refractivity contribution in [1.29, 1.82) is 0 Å². The average Bonchev–Trinajstić information content (AvgIpc) is 2.20. The zero-order valence-electron chi connectivity index (χ0n) is 10.3. The minimum Gasteiger partial charge on any atom is -0.350 e. The maximum atomic E-state index is 12.0. The van der Waals surface area contributed by atoms with Gasteiger partial charge in [-0.2, -0.15) is 0 Å². The van der Waals surface area contributed by atoms with Crippen molar-refractivity contribution < 1.29 is 4.79 Å². The average molecular weight is 319 g/mol. The Kier molecular flexibility index (Phi) is 5.47. The first-order valence-corrected chi connectivity index (χ1v) is 6.91. The third-order valence-electron chi connectivity index (χ3n) is 2.49. The van der Waals surface area contributed by atoms with Crippen LogP contribution in [0.1, 0.15) is 36.2 Å². The molecule has 0 fully saturated rings. The highest BCUT2D eigenvalue weighted by Crippen LogP contribution is 2.20. The maximum Gasteiger partial charge on any atom is 0.253 e. The van der Waals surface area contributed by atoms with E-state index >= 15 is 0 Å². The van der Waals surface area contributed by atoms with Gasteiger partial charge in [-0.05, 0) is 31.9 Å². The second-order valence-electron chi connectivity index (χ2n) is 4.33. The minimum atomic E-state index is -0.112. The van der Waals surface area contributed by atoms with Crippen LogP contribution in [0.3, 0.4) is 0 Å². The third-order valence-corrected chi connectivity index (χ3v) is 3.37. The Morgan fingerprint density at radius 1 is 1.47 bits per heavy atom. The molecule has 1 aromatic rings. The second kappa shape index (κ2) is 6.41. The van der Waals surface area contributed by atoms with Crippen LogP contribution in [-0.4, -0.2) is 16.8 Å². The van der Waals surface area contributed by atoms with E-state index in [1.165, 1.54) is 0 Å².